The van der Waals surface area contributed by atoms with Gasteiger partial charge in [-0.25, -0.2) is 0 Å². The van der Waals surface area contributed by atoms with Gasteiger partial charge in [0.25, 0.3) is 5.69 Å². The van der Waals surface area contributed by atoms with Crippen LogP contribution in [0.15, 0.2) is 30.6 Å². The minimum absolute atomic E-state index is 0.0290. The Morgan fingerprint density at radius 1 is 1.43 bits per heavy atom. The van der Waals surface area contributed by atoms with Crippen molar-refractivity contribution in [2.24, 2.45) is 5.92 Å². The molecule has 1 fully saturated rings. The lowest BCUT2D eigenvalue weighted by atomic mass is 9.95. The molecule has 110 valence electrons. The molecule has 2 N–H and O–H groups in total. The Labute approximate surface area is 122 Å². The van der Waals surface area contributed by atoms with E-state index in [9.17, 15) is 15.2 Å². The summed E-state index contributed by atoms with van der Waals surface area (Å²) < 4.78 is 0. The number of fused-ring (bicyclic) bond motifs is 1. The summed E-state index contributed by atoms with van der Waals surface area (Å²) in [6.45, 7) is 2.01. The highest BCUT2D eigenvalue weighted by Crippen LogP contribution is 2.42. The Morgan fingerprint density at radius 3 is 2.81 bits per heavy atom. The molecule has 1 aromatic carbocycles. The zero-order valence-corrected chi connectivity index (χ0v) is 11.7. The van der Waals surface area contributed by atoms with Crippen LogP contribution < -0.4 is 5.32 Å². The number of nitro groups is 1. The fourth-order valence-corrected chi connectivity index (χ4v) is 2.74. The highest BCUT2D eigenvalue weighted by Gasteiger charge is 2.41. The zero-order chi connectivity index (χ0) is 15.0. The molecular weight excluding hydrogens is 270 g/mol. The van der Waals surface area contributed by atoms with Crippen LogP contribution in [0.3, 0.4) is 0 Å². The fourth-order valence-electron chi connectivity index (χ4n) is 2.74. The molecule has 1 aliphatic rings. The molecule has 0 saturated heterocycles. The van der Waals surface area contributed by atoms with Crippen molar-refractivity contribution in [2.45, 2.75) is 25.3 Å². The molecule has 6 heteroatoms. The Morgan fingerprint density at radius 2 is 2.19 bits per heavy atom. The van der Waals surface area contributed by atoms with Crippen molar-refractivity contribution in [1.29, 1.82) is 0 Å². The summed E-state index contributed by atoms with van der Waals surface area (Å²) in [5, 5.41) is 25.4. The SMILES string of the molecule is CC(CO)(Nc1ccc([N+](=O)[O-])c2cnccc12)C1CC1. The average molecular weight is 287 g/mol. The van der Waals surface area contributed by atoms with Gasteiger partial charge < -0.3 is 10.4 Å². The third-order valence-electron chi connectivity index (χ3n) is 4.22. The number of pyridine rings is 1. The first-order valence-corrected chi connectivity index (χ1v) is 6.95. The maximum Gasteiger partial charge on any atom is 0.278 e. The number of non-ortho nitro benzene ring substituents is 1. The van der Waals surface area contributed by atoms with E-state index in [1.54, 1.807) is 18.3 Å². The first kappa shape index (κ1) is 13.8. The second-order valence-electron chi connectivity index (χ2n) is 5.79. The van der Waals surface area contributed by atoms with Gasteiger partial charge >= 0.3 is 0 Å². The van der Waals surface area contributed by atoms with Gasteiger partial charge in [-0.05, 0) is 37.8 Å². The predicted octanol–water partition coefficient (Wildman–Crippen LogP) is 2.72. The fraction of sp³-hybridized carbons (Fsp3) is 0.400. The third kappa shape index (κ3) is 2.42. The van der Waals surface area contributed by atoms with Gasteiger partial charge in [-0.15, -0.1) is 0 Å². The van der Waals surface area contributed by atoms with Crippen molar-refractivity contribution in [3.63, 3.8) is 0 Å². The van der Waals surface area contributed by atoms with Crippen LogP contribution in [0.2, 0.25) is 0 Å². The van der Waals surface area contributed by atoms with E-state index in [1.807, 2.05) is 6.92 Å². The normalized spacial score (nSPS) is 17.4. The minimum atomic E-state index is -0.403. The molecule has 0 radical (unpaired) electrons. The molecule has 1 atom stereocenters. The Balaban J connectivity index is 2.07. The number of hydrogen-bond donors (Lipinski definition) is 2. The Kier molecular flexibility index (Phi) is 3.25. The highest BCUT2D eigenvalue weighted by atomic mass is 16.6. The van der Waals surface area contributed by atoms with Gasteiger partial charge in [0.05, 0.1) is 22.5 Å². The van der Waals surface area contributed by atoms with Crippen LogP contribution in [0, 0.1) is 16.0 Å². The molecule has 0 amide bonds. The minimum Gasteiger partial charge on any atom is -0.394 e. The summed E-state index contributed by atoms with van der Waals surface area (Å²) >= 11 is 0. The molecule has 0 aliphatic heterocycles. The quantitative estimate of drug-likeness (QED) is 0.652. The van der Waals surface area contributed by atoms with Crippen LogP contribution in [-0.4, -0.2) is 27.2 Å². The van der Waals surface area contributed by atoms with Gasteiger partial charge in [0.15, 0.2) is 0 Å². The molecule has 3 rings (SSSR count). The number of hydrogen-bond acceptors (Lipinski definition) is 5. The standard InChI is InChI=1S/C15H17N3O3/c1-15(9-19,10-2-3-10)17-13-4-5-14(18(20)21)12-8-16-7-6-11(12)13/h4-8,10,17,19H,2-3,9H2,1H3. The highest BCUT2D eigenvalue weighted by molar-refractivity contribution is 5.99. The van der Waals surface area contributed by atoms with Gasteiger partial charge in [0.1, 0.15) is 0 Å². The number of aliphatic hydroxyl groups excluding tert-OH is 1. The zero-order valence-electron chi connectivity index (χ0n) is 11.7. The van der Waals surface area contributed by atoms with Gasteiger partial charge in [0.2, 0.25) is 0 Å². The largest absolute Gasteiger partial charge is 0.394 e. The number of nitrogens with one attached hydrogen (secondary N) is 1. The number of anilines is 1. The van der Waals surface area contributed by atoms with E-state index in [0.29, 0.717) is 11.3 Å². The van der Waals surface area contributed by atoms with Crippen LogP contribution >= 0.6 is 0 Å². The molecule has 1 saturated carbocycles. The van der Waals surface area contributed by atoms with E-state index < -0.39 is 10.5 Å². The van der Waals surface area contributed by atoms with Crippen LogP contribution in [0.1, 0.15) is 19.8 Å². The first-order valence-electron chi connectivity index (χ1n) is 6.95. The summed E-state index contributed by atoms with van der Waals surface area (Å²) in [4.78, 5) is 14.7. The molecule has 2 aromatic rings. The van der Waals surface area contributed by atoms with E-state index >= 15 is 0 Å². The van der Waals surface area contributed by atoms with E-state index in [4.69, 9.17) is 0 Å². The van der Waals surface area contributed by atoms with Gasteiger partial charge in [-0.3, -0.25) is 15.1 Å². The number of aliphatic hydroxyl groups is 1. The number of nitrogens with zero attached hydrogens (tertiary/aromatic N) is 2. The Bertz CT molecular complexity index is 700. The van der Waals surface area contributed by atoms with Gasteiger partial charge in [-0.2, -0.15) is 0 Å². The summed E-state index contributed by atoms with van der Waals surface area (Å²) in [7, 11) is 0. The molecule has 0 bridgehead atoms. The molecule has 1 heterocycles. The number of nitro benzene ring substituents is 1. The topological polar surface area (TPSA) is 88.3 Å². The van der Waals surface area contributed by atoms with Crippen molar-refractivity contribution in [2.75, 3.05) is 11.9 Å². The summed E-state index contributed by atoms with van der Waals surface area (Å²) in [6, 6.07) is 4.95. The molecule has 1 aliphatic carbocycles. The lowest BCUT2D eigenvalue weighted by molar-refractivity contribution is -0.383. The lowest BCUT2D eigenvalue weighted by Gasteiger charge is -2.30. The van der Waals surface area contributed by atoms with Gasteiger partial charge in [-0.1, -0.05) is 0 Å². The van der Waals surface area contributed by atoms with Crippen molar-refractivity contribution in [1.82, 2.24) is 4.98 Å². The summed E-state index contributed by atoms with van der Waals surface area (Å²) in [5.41, 5.74) is 0.439. The van der Waals surface area contributed by atoms with Crippen molar-refractivity contribution in [3.05, 3.63) is 40.7 Å². The second-order valence-corrected chi connectivity index (χ2v) is 5.79. The first-order chi connectivity index (χ1) is 10.0. The Hall–Kier alpha value is -2.21. The molecule has 1 unspecified atom stereocenters. The second kappa shape index (κ2) is 4.96. The molecule has 6 nitrogen and oxygen atoms in total. The van der Waals surface area contributed by atoms with Crippen molar-refractivity contribution in [3.8, 4) is 0 Å². The number of rotatable bonds is 5. The molecule has 1 aromatic heterocycles. The van der Waals surface area contributed by atoms with Crippen molar-refractivity contribution >= 4 is 22.1 Å². The third-order valence-corrected chi connectivity index (χ3v) is 4.22. The maximum absolute atomic E-state index is 11.1. The lowest BCUT2D eigenvalue weighted by Crippen LogP contribution is -2.41. The predicted molar refractivity (Wildman–Crippen MR) is 80.2 cm³/mol. The summed E-state index contributed by atoms with van der Waals surface area (Å²) in [5.74, 6) is 0.439. The monoisotopic (exact) mass is 287 g/mol. The van der Waals surface area contributed by atoms with Crippen molar-refractivity contribution < 1.29 is 10.0 Å². The average Bonchev–Trinajstić information content (AvgIpc) is 3.32. The number of aromatic nitrogens is 1. The van der Waals surface area contributed by atoms with E-state index in [2.05, 4.69) is 10.3 Å². The molecule has 0 spiro atoms. The number of benzene rings is 1. The van der Waals surface area contributed by atoms with E-state index in [1.165, 1.54) is 12.3 Å². The maximum atomic E-state index is 11.1. The van der Waals surface area contributed by atoms with Crippen LogP contribution in [0.4, 0.5) is 11.4 Å². The van der Waals surface area contributed by atoms with Crippen LogP contribution in [0.5, 0.6) is 0 Å². The summed E-state index contributed by atoms with van der Waals surface area (Å²) in [6.07, 6.45) is 5.31. The van der Waals surface area contributed by atoms with E-state index in [-0.39, 0.29) is 12.3 Å². The molecular formula is C15H17N3O3. The van der Waals surface area contributed by atoms with E-state index in [0.717, 1.165) is 23.9 Å². The smallest absolute Gasteiger partial charge is 0.278 e. The molecule has 21 heavy (non-hydrogen) atoms. The van der Waals surface area contributed by atoms with Crippen LogP contribution in [-0.2, 0) is 0 Å². The van der Waals surface area contributed by atoms with Gasteiger partial charge in [0, 0.05) is 29.5 Å². The van der Waals surface area contributed by atoms with Crippen LogP contribution in [0.25, 0.3) is 10.8 Å².